The van der Waals surface area contributed by atoms with Crippen molar-refractivity contribution in [1.82, 2.24) is 0 Å². The van der Waals surface area contributed by atoms with Crippen molar-refractivity contribution in [2.75, 3.05) is 6.61 Å². The zero-order valence-electron chi connectivity index (χ0n) is 5.71. The van der Waals surface area contributed by atoms with Gasteiger partial charge < -0.3 is 0 Å². The third-order valence-electron chi connectivity index (χ3n) is 1.11. The molecule has 2 heteroatoms. The summed E-state index contributed by atoms with van der Waals surface area (Å²) in [5.41, 5.74) is 0. The van der Waals surface area contributed by atoms with E-state index in [1.165, 1.54) is 29.7 Å². The Kier molecular flexibility index (Phi) is 3.79. The van der Waals surface area contributed by atoms with Gasteiger partial charge in [0.15, 0.2) is 0 Å². The van der Waals surface area contributed by atoms with Crippen LogP contribution < -0.4 is 4.74 Å². The van der Waals surface area contributed by atoms with Crippen LogP contribution in [-0.2, 0) is 0 Å². The first kappa shape index (κ1) is 8.04. The molecule has 0 N–H and O–H groups in total. The van der Waals surface area contributed by atoms with E-state index in [9.17, 15) is 0 Å². The fraction of sp³-hybridized carbons (Fsp3) is 0.250. The Balaban J connectivity index is 2.43. The molecule has 0 aliphatic heterocycles. The van der Waals surface area contributed by atoms with Crippen molar-refractivity contribution in [2.45, 2.75) is 3.98 Å². The Morgan fingerprint density at radius 3 is 2.50 bits per heavy atom. The van der Waals surface area contributed by atoms with E-state index in [2.05, 4.69) is 0 Å². The molecule has 0 aliphatic rings. The first-order valence-corrected chi connectivity index (χ1v) is 6.01. The molecule has 0 saturated carbocycles. The van der Waals surface area contributed by atoms with E-state index in [0.29, 0.717) is 0 Å². The molecular formula is C8H9OPb. The first-order chi connectivity index (χ1) is 4.93. The van der Waals surface area contributed by atoms with E-state index in [-0.39, 0.29) is 0 Å². The van der Waals surface area contributed by atoms with Crippen molar-refractivity contribution in [3.63, 3.8) is 0 Å². The van der Waals surface area contributed by atoms with Crippen LogP contribution in [0.3, 0.4) is 0 Å². The van der Waals surface area contributed by atoms with Gasteiger partial charge in [0.2, 0.25) is 0 Å². The SMILES string of the molecule is [Pb][CH2]COc1ccccc1. The molecule has 0 unspecified atom stereocenters. The summed E-state index contributed by atoms with van der Waals surface area (Å²) in [6.45, 7) is 0.871. The summed E-state index contributed by atoms with van der Waals surface area (Å²) in [5, 5.41) is 0. The van der Waals surface area contributed by atoms with Crippen LogP contribution >= 0.6 is 0 Å². The number of ether oxygens (including phenoxy) is 1. The van der Waals surface area contributed by atoms with E-state index >= 15 is 0 Å². The van der Waals surface area contributed by atoms with Crippen LogP contribution in [0.25, 0.3) is 0 Å². The maximum absolute atomic E-state index is 5.39. The Morgan fingerprint density at radius 2 is 1.90 bits per heavy atom. The van der Waals surface area contributed by atoms with E-state index in [0.717, 1.165) is 12.4 Å². The Bertz CT molecular complexity index is 174. The number of para-hydroxylation sites is 1. The fourth-order valence-corrected chi connectivity index (χ4v) is 1.08. The molecule has 51 valence electrons. The molecule has 0 amide bonds. The molecule has 1 nitrogen and oxygen atoms in total. The number of benzene rings is 1. The second-order valence-electron chi connectivity index (χ2n) is 1.91. The summed E-state index contributed by atoms with van der Waals surface area (Å²) in [6.07, 6.45) is 0. The van der Waals surface area contributed by atoms with Gasteiger partial charge in [-0.3, -0.25) is 0 Å². The van der Waals surface area contributed by atoms with Gasteiger partial charge in [-0.1, -0.05) is 0 Å². The normalized spacial score (nSPS) is 9.30. The molecular weight excluding hydrogens is 319 g/mol. The monoisotopic (exact) mass is 329 g/mol. The summed E-state index contributed by atoms with van der Waals surface area (Å²) < 4.78 is 6.59. The van der Waals surface area contributed by atoms with Gasteiger partial charge >= 0.3 is 77.2 Å². The van der Waals surface area contributed by atoms with Crippen molar-refractivity contribution in [2.24, 2.45) is 0 Å². The summed E-state index contributed by atoms with van der Waals surface area (Å²) in [7, 11) is 0. The van der Waals surface area contributed by atoms with Crippen molar-refractivity contribution in [1.29, 1.82) is 0 Å². The van der Waals surface area contributed by atoms with Crippen LogP contribution in [0.15, 0.2) is 30.3 Å². The number of hydrogen-bond donors (Lipinski definition) is 0. The summed E-state index contributed by atoms with van der Waals surface area (Å²) in [5.74, 6) is 0.985. The van der Waals surface area contributed by atoms with Crippen molar-refractivity contribution in [3.05, 3.63) is 30.3 Å². The third kappa shape index (κ3) is 2.68. The molecule has 0 bridgehead atoms. The van der Waals surface area contributed by atoms with Gasteiger partial charge in [-0.25, -0.2) is 0 Å². The Labute approximate surface area is 77.1 Å². The van der Waals surface area contributed by atoms with Crippen molar-refractivity contribution < 1.29 is 4.74 Å². The maximum atomic E-state index is 5.39. The fourth-order valence-electron chi connectivity index (χ4n) is 0.686. The average molecular weight is 328 g/mol. The van der Waals surface area contributed by atoms with Gasteiger partial charge in [0.1, 0.15) is 0 Å². The third-order valence-corrected chi connectivity index (χ3v) is 1.91. The quantitative estimate of drug-likeness (QED) is 0.767. The Hall–Kier alpha value is -0.0579. The van der Waals surface area contributed by atoms with Crippen LogP contribution in [-0.4, -0.2) is 32.4 Å². The first-order valence-electron chi connectivity index (χ1n) is 3.26. The molecule has 0 saturated heterocycles. The van der Waals surface area contributed by atoms with Gasteiger partial charge in [0.05, 0.1) is 0 Å². The van der Waals surface area contributed by atoms with E-state index < -0.39 is 0 Å². The molecule has 0 aromatic heterocycles. The molecule has 0 spiro atoms. The average Bonchev–Trinajstić information content (AvgIpc) is 2.03. The predicted molar refractivity (Wildman–Crippen MR) is 42.5 cm³/mol. The van der Waals surface area contributed by atoms with Crippen LogP contribution in [0.2, 0.25) is 3.98 Å². The van der Waals surface area contributed by atoms with Crippen LogP contribution in [0.4, 0.5) is 0 Å². The van der Waals surface area contributed by atoms with Crippen LogP contribution in [0.1, 0.15) is 0 Å². The molecule has 0 heterocycles. The van der Waals surface area contributed by atoms with Crippen molar-refractivity contribution >= 4 is 25.8 Å². The number of rotatable bonds is 3. The minimum atomic E-state index is 0.871. The van der Waals surface area contributed by atoms with Gasteiger partial charge in [0, 0.05) is 0 Å². The standard InChI is InChI=1S/C8H9O.Pb/c1-2-9-8-6-4-3-5-7-8;/h3-7H,1-2H2;. The molecule has 1 rings (SSSR count). The molecule has 1 aromatic carbocycles. The molecule has 0 aliphatic carbocycles. The zero-order valence-corrected chi connectivity index (χ0v) is 9.60. The number of hydrogen-bond acceptors (Lipinski definition) is 1. The molecule has 1 aromatic rings. The van der Waals surface area contributed by atoms with Crippen LogP contribution in [0.5, 0.6) is 5.75 Å². The van der Waals surface area contributed by atoms with E-state index in [1.807, 2.05) is 30.3 Å². The van der Waals surface area contributed by atoms with Gasteiger partial charge in [-0.2, -0.15) is 0 Å². The topological polar surface area (TPSA) is 9.23 Å². The molecule has 3 radical (unpaired) electrons. The minimum absolute atomic E-state index is 0.871. The summed E-state index contributed by atoms with van der Waals surface area (Å²) in [6, 6.07) is 9.94. The molecule has 10 heavy (non-hydrogen) atoms. The van der Waals surface area contributed by atoms with Gasteiger partial charge in [-0.15, -0.1) is 0 Å². The Morgan fingerprint density at radius 1 is 1.20 bits per heavy atom. The van der Waals surface area contributed by atoms with E-state index in [1.54, 1.807) is 0 Å². The zero-order chi connectivity index (χ0) is 7.23. The van der Waals surface area contributed by atoms with Gasteiger partial charge in [0.25, 0.3) is 0 Å². The molecule has 0 atom stereocenters. The summed E-state index contributed by atoms with van der Waals surface area (Å²) in [4.78, 5) is 0. The summed E-state index contributed by atoms with van der Waals surface area (Å²) >= 11 is 1.22. The van der Waals surface area contributed by atoms with Crippen LogP contribution in [0, 0.1) is 0 Å². The predicted octanol–water partition coefficient (Wildman–Crippen LogP) is 1.65. The van der Waals surface area contributed by atoms with Gasteiger partial charge in [-0.05, 0) is 0 Å². The second kappa shape index (κ2) is 4.71. The van der Waals surface area contributed by atoms with Crippen molar-refractivity contribution in [3.8, 4) is 5.75 Å². The second-order valence-corrected chi connectivity index (χ2v) is 3.86. The molecule has 0 fully saturated rings. The van der Waals surface area contributed by atoms with E-state index in [4.69, 9.17) is 4.74 Å².